The fourth-order valence-corrected chi connectivity index (χ4v) is 4.29. The molecule has 1 heterocycles. The minimum atomic E-state index is 0.743. The second-order valence-corrected chi connectivity index (χ2v) is 6.61. The summed E-state index contributed by atoms with van der Waals surface area (Å²) in [5, 5.41) is 0. The number of piperidine rings is 1. The van der Waals surface area contributed by atoms with Gasteiger partial charge in [-0.3, -0.25) is 0 Å². The van der Waals surface area contributed by atoms with Gasteiger partial charge in [0.2, 0.25) is 0 Å². The van der Waals surface area contributed by atoms with E-state index in [0.717, 1.165) is 24.9 Å². The Morgan fingerprint density at radius 1 is 1.15 bits per heavy atom. The van der Waals surface area contributed by atoms with E-state index in [1.54, 1.807) is 0 Å². The van der Waals surface area contributed by atoms with Crippen molar-refractivity contribution in [3.8, 4) is 0 Å². The Labute approximate surface area is 123 Å². The van der Waals surface area contributed by atoms with Crippen LogP contribution in [0.15, 0.2) is 18.2 Å². The lowest BCUT2D eigenvalue weighted by Crippen LogP contribution is -2.47. The van der Waals surface area contributed by atoms with Gasteiger partial charge >= 0.3 is 0 Å². The van der Waals surface area contributed by atoms with Crippen LogP contribution in [0.4, 0.5) is 5.69 Å². The molecule has 1 aliphatic carbocycles. The molecule has 0 aromatic heterocycles. The smallest absolute Gasteiger partial charge is 0.0398 e. The van der Waals surface area contributed by atoms with Gasteiger partial charge in [-0.15, -0.1) is 0 Å². The third-order valence-electron chi connectivity index (χ3n) is 5.25. The Morgan fingerprint density at radius 3 is 2.75 bits per heavy atom. The number of hydrogen-bond acceptors (Lipinski definition) is 2. The molecule has 0 spiro atoms. The summed E-state index contributed by atoms with van der Waals surface area (Å²) in [7, 11) is 0. The second kappa shape index (κ2) is 6.17. The summed E-state index contributed by atoms with van der Waals surface area (Å²) in [6.07, 6.45) is 9.52. The molecule has 20 heavy (non-hydrogen) atoms. The van der Waals surface area contributed by atoms with Gasteiger partial charge in [-0.1, -0.05) is 25.0 Å². The Bertz CT molecular complexity index is 453. The zero-order valence-electron chi connectivity index (χ0n) is 12.8. The first-order chi connectivity index (χ1) is 9.79. The summed E-state index contributed by atoms with van der Waals surface area (Å²) in [5.41, 5.74) is 9.96. The number of nitrogens with zero attached hydrogens (tertiary/aromatic N) is 1. The van der Waals surface area contributed by atoms with Crippen molar-refractivity contribution in [3.05, 3.63) is 29.3 Å². The van der Waals surface area contributed by atoms with Crippen LogP contribution in [0.1, 0.15) is 49.7 Å². The van der Waals surface area contributed by atoms with Gasteiger partial charge in [-0.05, 0) is 68.7 Å². The quantitative estimate of drug-likeness (QED) is 0.910. The van der Waals surface area contributed by atoms with Gasteiger partial charge < -0.3 is 10.6 Å². The average molecular weight is 272 g/mol. The molecule has 110 valence electrons. The van der Waals surface area contributed by atoms with E-state index in [-0.39, 0.29) is 0 Å². The average Bonchev–Trinajstić information content (AvgIpc) is 2.47. The van der Waals surface area contributed by atoms with Crippen molar-refractivity contribution < 1.29 is 0 Å². The van der Waals surface area contributed by atoms with Crippen LogP contribution in [0.5, 0.6) is 0 Å². The second-order valence-electron chi connectivity index (χ2n) is 6.61. The molecule has 2 fully saturated rings. The number of nitrogens with two attached hydrogens (primary N) is 1. The first-order valence-corrected chi connectivity index (χ1v) is 8.36. The summed E-state index contributed by atoms with van der Waals surface area (Å²) >= 11 is 0. The van der Waals surface area contributed by atoms with Crippen molar-refractivity contribution in [2.24, 2.45) is 11.7 Å². The molecular weight excluding hydrogens is 244 g/mol. The minimum absolute atomic E-state index is 0.743. The highest BCUT2D eigenvalue weighted by Crippen LogP contribution is 2.38. The molecular formula is C18H28N2. The molecule has 2 unspecified atom stereocenters. The largest absolute Gasteiger partial charge is 0.368 e. The van der Waals surface area contributed by atoms with Crippen molar-refractivity contribution >= 4 is 5.69 Å². The summed E-state index contributed by atoms with van der Waals surface area (Å²) in [6, 6.07) is 7.77. The van der Waals surface area contributed by atoms with E-state index in [1.807, 2.05) is 0 Å². The molecule has 0 amide bonds. The van der Waals surface area contributed by atoms with E-state index >= 15 is 0 Å². The molecule has 2 N–H and O–H groups in total. The molecule has 0 bridgehead atoms. The molecule has 2 atom stereocenters. The zero-order chi connectivity index (χ0) is 13.9. The summed E-state index contributed by atoms with van der Waals surface area (Å²) < 4.78 is 0. The maximum Gasteiger partial charge on any atom is 0.0398 e. The van der Waals surface area contributed by atoms with Gasteiger partial charge in [0.05, 0.1) is 0 Å². The number of hydrogen-bond donors (Lipinski definition) is 1. The van der Waals surface area contributed by atoms with Gasteiger partial charge in [0.25, 0.3) is 0 Å². The molecule has 2 heteroatoms. The molecule has 1 saturated heterocycles. The van der Waals surface area contributed by atoms with Crippen LogP contribution in [0.2, 0.25) is 0 Å². The lowest BCUT2D eigenvalue weighted by atomic mass is 9.78. The highest BCUT2D eigenvalue weighted by molar-refractivity contribution is 5.56. The minimum Gasteiger partial charge on any atom is -0.368 e. The lowest BCUT2D eigenvalue weighted by molar-refractivity contribution is 0.243. The van der Waals surface area contributed by atoms with Crippen LogP contribution in [-0.4, -0.2) is 19.1 Å². The molecule has 1 aliphatic heterocycles. The topological polar surface area (TPSA) is 29.3 Å². The van der Waals surface area contributed by atoms with E-state index in [0.29, 0.717) is 0 Å². The first-order valence-electron chi connectivity index (χ1n) is 8.36. The Morgan fingerprint density at radius 2 is 1.95 bits per heavy atom. The van der Waals surface area contributed by atoms with Gasteiger partial charge in [0, 0.05) is 18.3 Å². The maximum absolute atomic E-state index is 5.67. The fourth-order valence-electron chi connectivity index (χ4n) is 4.29. The number of benzene rings is 1. The lowest BCUT2D eigenvalue weighted by Gasteiger charge is -2.46. The predicted molar refractivity (Wildman–Crippen MR) is 86.3 cm³/mol. The SMILES string of the molecule is Cc1cc(CCN)ccc1N1CCCC2CCCCC21. The molecule has 1 aromatic carbocycles. The third-order valence-corrected chi connectivity index (χ3v) is 5.25. The Balaban J connectivity index is 1.83. The molecule has 2 aliphatic rings. The zero-order valence-corrected chi connectivity index (χ0v) is 12.8. The predicted octanol–water partition coefficient (Wildman–Crippen LogP) is 3.66. The van der Waals surface area contributed by atoms with Crippen molar-refractivity contribution in [2.75, 3.05) is 18.0 Å². The standard InChI is InChI=1S/C18H28N2/c1-14-13-15(10-11-19)8-9-17(14)20-12-4-6-16-5-2-3-7-18(16)20/h8-9,13,16,18H,2-7,10-12,19H2,1H3. The molecule has 3 rings (SSSR count). The monoisotopic (exact) mass is 272 g/mol. The van der Waals surface area contributed by atoms with E-state index in [4.69, 9.17) is 5.73 Å². The van der Waals surface area contributed by atoms with Gasteiger partial charge in [0.1, 0.15) is 0 Å². The Kier molecular flexibility index (Phi) is 4.30. The van der Waals surface area contributed by atoms with Gasteiger partial charge in [-0.25, -0.2) is 0 Å². The summed E-state index contributed by atoms with van der Waals surface area (Å²) in [4.78, 5) is 2.72. The van der Waals surface area contributed by atoms with Crippen molar-refractivity contribution in [1.82, 2.24) is 0 Å². The normalized spacial score (nSPS) is 26.4. The van der Waals surface area contributed by atoms with Crippen LogP contribution < -0.4 is 10.6 Å². The van der Waals surface area contributed by atoms with E-state index in [2.05, 4.69) is 30.0 Å². The third kappa shape index (κ3) is 2.71. The molecule has 1 aromatic rings. The fraction of sp³-hybridized carbons (Fsp3) is 0.667. The summed E-state index contributed by atoms with van der Waals surface area (Å²) in [5.74, 6) is 0.945. The number of aryl methyl sites for hydroxylation is 1. The number of anilines is 1. The molecule has 0 radical (unpaired) electrons. The van der Waals surface area contributed by atoms with Gasteiger partial charge in [-0.2, -0.15) is 0 Å². The molecule has 2 nitrogen and oxygen atoms in total. The van der Waals surface area contributed by atoms with Crippen LogP contribution in [0.25, 0.3) is 0 Å². The summed E-state index contributed by atoms with van der Waals surface area (Å²) in [6.45, 7) is 4.26. The first kappa shape index (κ1) is 13.9. The van der Waals surface area contributed by atoms with Crippen molar-refractivity contribution in [3.63, 3.8) is 0 Å². The van der Waals surface area contributed by atoms with E-state index < -0.39 is 0 Å². The van der Waals surface area contributed by atoms with Crippen LogP contribution in [0.3, 0.4) is 0 Å². The number of rotatable bonds is 3. The van der Waals surface area contributed by atoms with Crippen molar-refractivity contribution in [1.29, 1.82) is 0 Å². The number of fused-ring (bicyclic) bond motifs is 1. The van der Waals surface area contributed by atoms with Crippen molar-refractivity contribution in [2.45, 2.75) is 57.9 Å². The van der Waals surface area contributed by atoms with E-state index in [9.17, 15) is 0 Å². The van der Waals surface area contributed by atoms with Crippen LogP contribution >= 0.6 is 0 Å². The molecule has 1 saturated carbocycles. The van der Waals surface area contributed by atoms with E-state index in [1.165, 1.54) is 61.9 Å². The Hall–Kier alpha value is -1.02. The maximum atomic E-state index is 5.67. The van der Waals surface area contributed by atoms with Crippen LogP contribution in [0, 0.1) is 12.8 Å². The van der Waals surface area contributed by atoms with Crippen LogP contribution in [-0.2, 0) is 6.42 Å². The highest BCUT2D eigenvalue weighted by atomic mass is 15.2. The highest BCUT2D eigenvalue weighted by Gasteiger charge is 2.33. The van der Waals surface area contributed by atoms with Gasteiger partial charge in [0.15, 0.2) is 0 Å².